The first kappa shape index (κ1) is 37.2. The Balaban J connectivity index is 0.712. The smallest absolute Gasteiger partial charge is 0.262 e. The molecular weight excluding hydrogens is 702 g/mol. The minimum Gasteiger partial charge on any atom is -0.494 e. The van der Waals surface area contributed by atoms with Gasteiger partial charge in [-0.2, -0.15) is 0 Å². The molecule has 5 heterocycles. The van der Waals surface area contributed by atoms with E-state index in [4.69, 9.17) is 18.9 Å². The van der Waals surface area contributed by atoms with Gasteiger partial charge in [0.25, 0.3) is 11.8 Å². The standard InChI is InChI=1S/C42H41N5O8/c1-46-35-16-17-43-27-34(35)31-11-8-28(24-37(31)46)29-9-15-39(44-26-29)55-23-7-5-21-53-19-3-2-18-52-20-4-6-22-54-30-10-12-32-33(25-30)42(51)47(41(32)50)36-13-14-38(48)45-40(36)49/h8-12,15-17,24-27,36H,2-4,6,13-14,18-23H2,1H3,(H,45,48,49). The Morgan fingerprint density at radius 3 is 2.31 bits per heavy atom. The first-order chi connectivity index (χ1) is 26.9. The number of fused-ring (bicyclic) bond motifs is 4. The van der Waals surface area contributed by atoms with Gasteiger partial charge in [-0.05, 0) is 74.1 Å². The molecule has 13 nitrogen and oxygen atoms in total. The minimum atomic E-state index is -0.995. The average Bonchev–Trinajstić information content (AvgIpc) is 3.62. The van der Waals surface area contributed by atoms with Gasteiger partial charge in [0, 0.05) is 79.8 Å². The zero-order valence-electron chi connectivity index (χ0n) is 30.5. The summed E-state index contributed by atoms with van der Waals surface area (Å²) in [6.07, 6.45) is 9.01. The number of pyridine rings is 2. The topological polar surface area (TPSA) is 151 Å². The molecule has 0 radical (unpaired) electrons. The van der Waals surface area contributed by atoms with Crippen LogP contribution in [0.1, 0.15) is 59.2 Å². The summed E-state index contributed by atoms with van der Waals surface area (Å²) in [5.74, 6) is 4.77. The van der Waals surface area contributed by atoms with Crippen molar-refractivity contribution in [1.29, 1.82) is 0 Å². The van der Waals surface area contributed by atoms with E-state index in [-0.39, 0.29) is 30.6 Å². The van der Waals surface area contributed by atoms with Crippen LogP contribution in [0, 0.1) is 11.8 Å². The van der Waals surface area contributed by atoms with Crippen molar-refractivity contribution in [2.75, 3.05) is 39.6 Å². The SMILES string of the molecule is Cn1c2ccncc2c2ccc(-c3ccc(OCC#CCOCCCCOCCCCOc4ccc5c(c4)C(=O)N(C4CCC(=O)NC4=O)C5=O)nc3)cc21. The predicted octanol–water partition coefficient (Wildman–Crippen LogP) is 5.24. The third-order valence-electron chi connectivity index (χ3n) is 9.66. The number of carbonyl (C=O) groups excluding carboxylic acids is 4. The lowest BCUT2D eigenvalue weighted by atomic mass is 10.0. The van der Waals surface area contributed by atoms with E-state index >= 15 is 0 Å². The molecule has 1 unspecified atom stereocenters. The van der Waals surface area contributed by atoms with Gasteiger partial charge in [0.1, 0.15) is 18.4 Å². The average molecular weight is 744 g/mol. The fourth-order valence-corrected chi connectivity index (χ4v) is 6.75. The number of piperidine rings is 1. The quantitative estimate of drug-likeness (QED) is 0.0807. The Morgan fingerprint density at radius 1 is 0.745 bits per heavy atom. The second kappa shape index (κ2) is 17.4. The first-order valence-electron chi connectivity index (χ1n) is 18.4. The van der Waals surface area contributed by atoms with E-state index < -0.39 is 29.7 Å². The van der Waals surface area contributed by atoms with E-state index in [0.717, 1.165) is 58.1 Å². The molecule has 2 aliphatic heterocycles. The summed E-state index contributed by atoms with van der Waals surface area (Å²) in [5.41, 5.74) is 4.79. The molecule has 0 spiro atoms. The van der Waals surface area contributed by atoms with Crippen molar-refractivity contribution in [1.82, 2.24) is 24.8 Å². The molecule has 0 aliphatic carbocycles. The summed E-state index contributed by atoms with van der Waals surface area (Å²) in [6, 6.07) is 16.0. The van der Waals surface area contributed by atoms with Crippen molar-refractivity contribution < 1.29 is 38.1 Å². The lowest BCUT2D eigenvalue weighted by molar-refractivity contribution is -0.136. The molecule has 3 aromatic heterocycles. The van der Waals surface area contributed by atoms with Crippen LogP contribution in [0.25, 0.3) is 32.9 Å². The summed E-state index contributed by atoms with van der Waals surface area (Å²) < 4.78 is 25.0. The van der Waals surface area contributed by atoms with Crippen molar-refractivity contribution in [3.63, 3.8) is 0 Å². The highest BCUT2D eigenvalue weighted by atomic mass is 16.5. The number of rotatable bonds is 16. The monoisotopic (exact) mass is 743 g/mol. The fraction of sp³-hybridized carbons (Fsp3) is 0.333. The van der Waals surface area contributed by atoms with Gasteiger partial charge in [-0.25, -0.2) is 4.98 Å². The molecule has 0 bridgehead atoms. The van der Waals surface area contributed by atoms with Gasteiger partial charge < -0.3 is 23.5 Å². The van der Waals surface area contributed by atoms with Crippen LogP contribution in [0.15, 0.2) is 73.2 Å². The molecule has 1 atom stereocenters. The van der Waals surface area contributed by atoms with E-state index in [9.17, 15) is 19.2 Å². The summed E-state index contributed by atoms with van der Waals surface area (Å²) in [5, 5.41) is 4.51. The van der Waals surface area contributed by atoms with Crippen LogP contribution < -0.4 is 14.8 Å². The summed E-state index contributed by atoms with van der Waals surface area (Å²) >= 11 is 0. The number of amides is 4. The highest BCUT2D eigenvalue weighted by Gasteiger charge is 2.44. The number of hydrogen-bond donors (Lipinski definition) is 1. The third-order valence-corrected chi connectivity index (χ3v) is 9.66. The van der Waals surface area contributed by atoms with E-state index in [1.807, 2.05) is 36.8 Å². The van der Waals surface area contributed by atoms with Crippen molar-refractivity contribution in [3.8, 4) is 34.6 Å². The molecule has 1 saturated heterocycles. The second-order valence-electron chi connectivity index (χ2n) is 13.3. The molecule has 2 aromatic carbocycles. The number of nitrogens with zero attached hydrogens (tertiary/aromatic N) is 4. The van der Waals surface area contributed by atoms with Crippen LogP contribution in [0.4, 0.5) is 0 Å². The van der Waals surface area contributed by atoms with Crippen LogP contribution in [0.3, 0.4) is 0 Å². The number of unbranched alkanes of at least 4 members (excludes halogenated alkanes) is 2. The van der Waals surface area contributed by atoms with Gasteiger partial charge in [0.15, 0.2) is 6.61 Å². The van der Waals surface area contributed by atoms with Crippen molar-refractivity contribution in [2.24, 2.45) is 7.05 Å². The van der Waals surface area contributed by atoms with Gasteiger partial charge >= 0.3 is 0 Å². The molecule has 1 N–H and O–H groups in total. The normalized spacial score (nSPS) is 15.3. The van der Waals surface area contributed by atoms with Gasteiger partial charge in [-0.3, -0.25) is 34.4 Å². The Hall–Kier alpha value is -6.10. The highest BCUT2D eigenvalue weighted by Crippen LogP contribution is 2.32. The van der Waals surface area contributed by atoms with E-state index in [2.05, 4.69) is 56.9 Å². The molecule has 0 saturated carbocycles. The number of aryl methyl sites for hydroxylation is 1. The maximum atomic E-state index is 13.0. The molecule has 2 aliphatic rings. The Bertz CT molecular complexity index is 2290. The van der Waals surface area contributed by atoms with Crippen LogP contribution in [0.5, 0.6) is 11.6 Å². The number of benzene rings is 2. The summed E-state index contributed by atoms with van der Waals surface area (Å²) in [4.78, 5) is 59.2. The van der Waals surface area contributed by atoms with Crippen molar-refractivity contribution in [3.05, 3.63) is 84.3 Å². The molecular formula is C42H41N5O8. The van der Waals surface area contributed by atoms with Gasteiger partial charge in [0.2, 0.25) is 17.7 Å². The number of aromatic nitrogens is 3. The number of imide groups is 2. The minimum absolute atomic E-state index is 0.0750. The second-order valence-corrected chi connectivity index (χ2v) is 13.3. The van der Waals surface area contributed by atoms with Gasteiger partial charge in [0.05, 0.1) is 23.3 Å². The number of hydrogen-bond acceptors (Lipinski definition) is 10. The Morgan fingerprint density at radius 2 is 1.51 bits per heavy atom. The van der Waals surface area contributed by atoms with Gasteiger partial charge in [-0.15, -0.1) is 0 Å². The van der Waals surface area contributed by atoms with Crippen LogP contribution in [-0.4, -0.2) is 88.7 Å². The van der Waals surface area contributed by atoms with Gasteiger partial charge in [-0.1, -0.05) is 24.0 Å². The lowest BCUT2D eigenvalue weighted by Gasteiger charge is -2.27. The fourth-order valence-electron chi connectivity index (χ4n) is 6.75. The van der Waals surface area contributed by atoms with Crippen LogP contribution in [-0.2, 0) is 26.1 Å². The van der Waals surface area contributed by atoms with E-state index in [1.165, 1.54) is 17.5 Å². The molecule has 1 fully saturated rings. The highest BCUT2D eigenvalue weighted by molar-refractivity contribution is 6.23. The van der Waals surface area contributed by atoms with E-state index in [1.54, 1.807) is 6.07 Å². The number of ether oxygens (including phenoxy) is 4. The third kappa shape index (κ3) is 8.51. The number of nitrogens with one attached hydrogen (secondary N) is 1. The zero-order valence-corrected chi connectivity index (χ0v) is 30.5. The molecule has 282 valence electrons. The molecule has 55 heavy (non-hydrogen) atoms. The summed E-state index contributed by atoms with van der Waals surface area (Å²) in [6.45, 7) is 2.81. The maximum absolute atomic E-state index is 13.0. The molecule has 5 aromatic rings. The van der Waals surface area contributed by atoms with E-state index in [0.29, 0.717) is 44.7 Å². The first-order valence-corrected chi connectivity index (χ1v) is 18.4. The molecule has 4 amide bonds. The van der Waals surface area contributed by atoms with Crippen LogP contribution >= 0.6 is 0 Å². The summed E-state index contributed by atoms with van der Waals surface area (Å²) in [7, 11) is 2.07. The Kier molecular flexibility index (Phi) is 11.8. The predicted molar refractivity (Wildman–Crippen MR) is 203 cm³/mol. The molecule has 13 heteroatoms. The zero-order chi connectivity index (χ0) is 38.1. The van der Waals surface area contributed by atoms with Crippen molar-refractivity contribution >= 4 is 45.4 Å². The largest absolute Gasteiger partial charge is 0.494 e. The van der Waals surface area contributed by atoms with Crippen LogP contribution in [0.2, 0.25) is 0 Å². The number of carbonyl (C=O) groups is 4. The van der Waals surface area contributed by atoms with Crippen molar-refractivity contribution in [2.45, 2.75) is 44.6 Å². The maximum Gasteiger partial charge on any atom is 0.262 e. The molecule has 7 rings (SSSR count). The Labute approximate surface area is 317 Å². The lowest BCUT2D eigenvalue weighted by Crippen LogP contribution is -2.54.